The number of benzene rings is 2. The summed E-state index contributed by atoms with van der Waals surface area (Å²) >= 11 is 10.5. The quantitative estimate of drug-likeness (QED) is 0.517. The third-order valence-electron chi connectivity index (χ3n) is 3.11. The summed E-state index contributed by atoms with van der Waals surface area (Å²) in [5, 5.41) is 11.4. The molecule has 9 heteroatoms. The van der Waals surface area contributed by atoms with Crippen LogP contribution in [-0.4, -0.2) is 21.9 Å². The minimum atomic E-state index is -0.172. The van der Waals surface area contributed by atoms with Gasteiger partial charge in [0.2, 0.25) is 5.91 Å². The SMILES string of the molecule is O=C(CSc1nnc(COc2ccccc2Cl)o1)Nc1ccccc1Br. The number of amides is 1. The number of carbonyl (C=O) groups is 1. The Labute approximate surface area is 167 Å². The monoisotopic (exact) mass is 453 g/mol. The second-order valence-corrected chi connectivity index (χ2v) is 7.19. The molecule has 134 valence electrons. The number of aromatic nitrogens is 2. The molecule has 0 saturated carbocycles. The predicted octanol–water partition coefficient (Wildman–Crippen LogP) is 4.80. The largest absolute Gasteiger partial charge is 0.482 e. The van der Waals surface area contributed by atoms with Crippen LogP contribution in [0.15, 0.2) is 62.6 Å². The van der Waals surface area contributed by atoms with E-state index in [0.717, 1.165) is 16.2 Å². The Kier molecular flexibility index (Phi) is 6.54. The number of hydrogen-bond acceptors (Lipinski definition) is 6. The third kappa shape index (κ3) is 5.23. The van der Waals surface area contributed by atoms with Gasteiger partial charge in [0, 0.05) is 4.47 Å². The van der Waals surface area contributed by atoms with Crippen LogP contribution in [0, 0.1) is 0 Å². The van der Waals surface area contributed by atoms with Crippen LogP contribution in [0.4, 0.5) is 5.69 Å². The molecule has 0 bridgehead atoms. The molecule has 1 aromatic heterocycles. The zero-order chi connectivity index (χ0) is 18.4. The van der Waals surface area contributed by atoms with E-state index in [1.54, 1.807) is 12.1 Å². The normalized spacial score (nSPS) is 10.5. The van der Waals surface area contributed by atoms with E-state index in [1.165, 1.54) is 0 Å². The van der Waals surface area contributed by atoms with Crippen molar-refractivity contribution in [2.24, 2.45) is 0 Å². The molecular formula is C17H13BrClN3O3S. The van der Waals surface area contributed by atoms with Gasteiger partial charge in [-0.05, 0) is 40.2 Å². The van der Waals surface area contributed by atoms with Crippen molar-refractivity contribution in [3.63, 3.8) is 0 Å². The zero-order valence-electron chi connectivity index (χ0n) is 13.3. The fourth-order valence-corrected chi connectivity index (χ4v) is 3.09. The highest BCUT2D eigenvalue weighted by Crippen LogP contribution is 2.25. The van der Waals surface area contributed by atoms with Gasteiger partial charge in [0.05, 0.1) is 16.5 Å². The standard InChI is InChI=1S/C17H13BrClN3O3S/c18-11-5-1-3-7-13(11)20-15(23)10-26-17-22-21-16(25-17)9-24-14-8-4-2-6-12(14)19/h1-8H,9-10H2,(H,20,23). The van der Waals surface area contributed by atoms with Gasteiger partial charge in [0.1, 0.15) is 5.75 Å². The highest BCUT2D eigenvalue weighted by atomic mass is 79.9. The molecule has 6 nitrogen and oxygen atoms in total. The summed E-state index contributed by atoms with van der Waals surface area (Å²) in [4.78, 5) is 12.0. The number of thioether (sulfide) groups is 1. The first-order chi connectivity index (χ1) is 12.6. The first-order valence-electron chi connectivity index (χ1n) is 7.48. The Balaban J connectivity index is 1.48. The van der Waals surface area contributed by atoms with E-state index in [4.69, 9.17) is 20.8 Å². The van der Waals surface area contributed by atoms with E-state index in [9.17, 15) is 4.79 Å². The molecule has 0 aliphatic carbocycles. The lowest BCUT2D eigenvalue weighted by molar-refractivity contribution is -0.113. The lowest BCUT2D eigenvalue weighted by Crippen LogP contribution is -2.14. The van der Waals surface area contributed by atoms with Crippen molar-refractivity contribution >= 4 is 50.9 Å². The molecular weight excluding hydrogens is 442 g/mol. The number of nitrogens with zero attached hydrogens (tertiary/aromatic N) is 2. The number of anilines is 1. The Morgan fingerprint density at radius 3 is 2.77 bits per heavy atom. The molecule has 2 aromatic carbocycles. The van der Waals surface area contributed by atoms with Gasteiger partial charge in [-0.2, -0.15) is 0 Å². The van der Waals surface area contributed by atoms with E-state index in [-0.39, 0.29) is 18.3 Å². The van der Waals surface area contributed by atoms with E-state index in [1.807, 2.05) is 36.4 Å². The molecule has 0 aliphatic rings. The Hall–Kier alpha value is -2.03. The summed E-state index contributed by atoms with van der Waals surface area (Å²) in [5.74, 6) is 0.816. The van der Waals surface area contributed by atoms with E-state index in [0.29, 0.717) is 27.6 Å². The van der Waals surface area contributed by atoms with Crippen LogP contribution in [0.1, 0.15) is 5.89 Å². The van der Waals surface area contributed by atoms with Crippen LogP contribution in [-0.2, 0) is 11.4 Å². The summed E-state index contributed by atoms with van der Waals surface area (Å²) in [6, 6.07) is 14.5. The second-order valence-electron chi connectivity index (χ2n) is 5.00. The summed E-state index contributed by atoms with van der Waals surface area (Å²) in [6.45, 7) is 0.0977. The van der Waals surface area contributed by atoms with Gasteiger partial charge in [0.25, 0.3) is 11.1 Å². The van der Waals surface area contributed by atoms with Crippen LogP contribution in [0.25, 0.3) is 0 Å². The summed E-state index contributed by atoms with van der Waals surface area (Å²) in [5.41, 5.74) is 0.706. The van der Waals surface area contributed by atoms with E-state index < -0.39 is 0 Å². The molecule has 3 rings (SSSR count). The van der Waals surface area contributed by atoms with E-state index in [2.05, 4.69) is 31.4 Å². The molecule has 1 amide bonds. The summed E-state index contributed by atoms with van der Waals surface area (Å²) in [7, 11) is 0. The number of carbonyl (C=O) groups excluding carboxylic acids is 1. The van der Waals surface area contributed by atoms with Crippen molar-refractivity contribution in [2.75, 3.05) is 11.1 Å². The van der Waals surface area contributed by atoms with Crippen molar-refractivity contribution in [3.8, 4) is 5.75 Å². The van der Waals surface area contributed by atoms with Gasteiger partial charge in [-0.3, -0.25) is 4.79 Å². The maximum atomic E-state index is 12.0. The predicted molar refractivity (Wildman–Crippen MR) is 104 cm³/mol. The number of ether oxygens (including phenoxy) is 1. The molecule has 1 heterocycles. The maximum Gasteiger partial charge on any atom is 0.277 e. The fourth-order valence-electron chi connectivity index (χ4n) is 1.93. The van der Waals surface area contributed by atoms with Crippen molar-refractivity contribution in [1.29, 1.82) is 0 Å². The highest BCUT2D eigenvalue weighted by molar-refractivity contribution is 9.10. The molecule has 1 N–H and O–H groups in total. The number of nitrogens with one attached hydrogen (secondary N) is 1. The van der Waals surface area contributed by atoms with Gasteiger partial charge >= 0.3 is 0 Å². The molecule has 0 fully saturated rings. The lowest BCUT2D eigenvalue weighted by atomic mass is 10.3. The smallest absolute Gasteiger partial charge is 0.277 e. The first kappa shape index (κ1) is 18.8. The average Bonchev–Trinajstić information content (AvgIpc) is 3.09. The maximum absolute atomic E-state index is 12.0. The van der Waals surface area contributed by atoms with Crippen LogP contribution in [0.5, 0.6) is 5.75 Å². The van der Waals surface area contributed by atoms with Gasteiger partial charge in [-0.25, -0.2) is 0 Å². The molecule has 0 spiro atoms. The zero-order valence-corrected chi connectivity index (χ0v) is 16.5. The Bertz CT molecular complexity index is 906. The molecule has 0 atom stereocenters. The van der Waals surface area contributed by atoms with E-state index >= 15 is 0 Å². The topological polar surface area (TPSA) is 77.2 Å². The number of halogens is 2. The average molecular weight is 455 g/mol. The molecule has 0 radical (unpaired) electrons. The van der Waals surface area contributed by atoms with Crippen molar-refractivity contribution < 1.29 is 13.9 Å². The molecule has 3 aromatic rings. The Morgan fingerprint density at radius 1 is 1.19 bits per heavy atom. The van der Waals surface area contributed by atoms with Crippen molar-refractivity contribution in [2.45, 2.75) is 11.8 Å². The number of hydrogen-bond donors (Lipinski definition) is 1. The highest BCUT2D eigenvalue weighted by Gasteiger charge is 2.12. The van der Waals surface area contributed by atoms with Crippen LogP contribution >= 0.6 is 39.3 Å². The first-order valence-corrected chi connectivity index (χ1v) is 9.64. The Morgan fingerprint density at radius 2 is 1.96 bits per heavy atom. The molecule has 0 aliphatic heterocycles. The second kappa shape index (κ2) is 9.07. The van der Waals surface area contributed by atoms with Gasteiger partial charge in [-0.1, -0.05) is 47.6 Å². The minimum Gasteiger partial charge on any atom is -0.482 e. The van der Waals surface area contributed by atoms with Gasteiger partial charge in [0.15, 0.2) is 6.61 Å². The number of rotatable bonds is 7. The van der Waals surface area contributed by atoms with Crippen LogP contribution < -0.4 is 10.1 Å². The molecule has 26 heavy (non-hydrogen) atoms. The van der Waals surface area contributed by atoms with Crippen LogP contribution in [0.2, 0.25) is 5.02 Å². The van der Waals surface area contributed by atoms with Gasteiger partial charge in [-0.15, -0.1) is 10.2 Å². The molecule has 0 unspecified atom stereocenters. The minimum absolute atomic E-state index is 0.0977. The van der Waals surface area contributed by atoms with Crippen molar-refractivity contribution in [1.82, 2.24) is 10.2 Å². The summed E-state index contributed by atoms with van der Waals surface area (Å²) < 4.78 is 11.8. The van der Waals surface area contributed by atoms with Gasteiger partial charge < -0.3 is 14.5 Å². The fraction of sp³-hybridized carbons (Fsp3) is 0.118. The summed E-state index contributed by atoms with van der Waals surface area (Å²) in [6.07, 6.45) is 0. The molecule has 0 saturated heterocycles. The number of para-hydroxylation sites is 2. The lowest BCUT2D eigenvalue weighted by Gasteiger charge is -2.05. The van der Waals surface area contributed by atoms with Crippen LogP contribution in [0.3, 0.4) is 0 Å². The van der Waals surface area contributed by atoms with Crippen molar-refractivity contribution in [3.05, 3.63) is 63.9 Å². The third-order valence-corrected chi connectivity index (χ3v) is 4.93.